The Morgan fingerprint density at radius 3 is 2.31 bits per heavy atom. The van der Waals surface area contributed by atoms with Crippen molar-refractivity contribution in [1.82, 2.24) is 15.6 Å². The molecule has 0 bridgehead atoms. The van der Waals surface area contributed by atoms with E-state index in [0.29, 0.717) is 11.4 Å². The molecule has 1 amide bonds. The Morgan fingerprint density at radius 1 is 1.08 bits per heavy atom. The third-order valence-electron chi connectivity index (χ3n) is 4.49. The van der Waals surface area contributed by atoms with Crippen LogP contribution in [-0.2, 0) is 0 Å². The summed E-state index contributed by atoms with van der Waals surface area (Å²) in [7, 11) is 0. The fraction of sp³-hybridized carbons (Fsp3) is 0.429. The zero-order valence-electron chi connectivity index (χ0n) is 15.9. The van der Waals surface area contributed by atoms with Gasteiger partial charge in [-0.25, -0.2) is 4.98 Å². The van der Waals surface area contributed by atoms with Gasteiger partial charge in [-0.2, -0.15) is 0 Å². The van der Waals surface area contributed by atoms with Gasteiger partial charge in [-0.1, -0.05) is 18.2 Å². The molecule has 1 aliphatic heterocycles. The molecule has 2 N–H and O–H groups in total. The Balaban J connectivity index is 1.63. The number of hydrogen-bond donors (Lipinski definition) is 2. The lowest BCUT2D eigenvalue weighted by atomic mass is 9.79. The molecule has 138 valence electrons. The highest BCUT2D eigenvalue weighted by Crippen LogP contribution is 2.28. The molecule has 0 aliphatic carbocycles. The summed E-state index contributed by atoms with van der Waals surface area (Å²) in [6.45, 7) is 8.68. The number of hydrogen-bond acceptors (Lipinski definition) is 4. The Kier molecular flexibility index (Phi) is 5.01. The molecule has 0 radical (unpaired) electrons. The normalized spacial score (nSPS) is 18.9. The van der Waals surface area contributed by atoms with Crippen LogP contribution < -0.4 is 15.4 Å². The van der Waals surface area contributed by atoms with Gasteiger partial charge in [0, 0.05) is 29.4 Å². The number of nitrogens with one attached hydrogen (secondary N) is 2. The number of para-hydroxylation sites is 1. The van der Waals surface area contributed by atoms with Gasteiger partial charge in [0.25, 0.3) is 5.91 Å². The molecule has 0 atom stereocenters. The molecular formula is C21H27N3O2. The zero-order valence-corrected chi connectivity index (χ0v) is 15.9. The van der Waals surface area contributed by atoms with Gasteiger partial charge < -0.3 is 15.4 Å². The number of piperidine rings is 1. The van der Waals surface area contributed by atoms with Crippen LogP contribution >= 0.6 is 0 Å². The van der Waals surface area contributed by atoms with Gasteiger partial charge in [-0.05, 0) is 58.7 Å². The van der Waals surface area contributed by atoms with Crippen LogP contribution in [0.25, 0.3) is 0 Å². The van der Waals surface area contributed by atoms with Crippen molar-refractivity contribution in [2.45, 2.75) is 57.7 Å². The summed E-state index contributed by atoms with van der Waals surface area (Å²) in [4.78, 5) is 16.8. The molecule has 1 fully saturated rings. The van der Waals surface area contributed by atoms with Crippen molar-refractivity contribution in [3.05, 3.63) is 54.2 Å². The second-order valence-electron chi connectivity index (χ2n) is 8.27. The van der Waals surface area contributed by atoms with Crippen molar-refractivity contribution in [3.63, 3.8) is 0 Å². The number of benzene rings is 1. The Hall–Kier alpha value is -2.40. The van der Waals surface area contributed by atoms with Gasteiger partial charge in [0.05, 0.1) is 5.56 Å². The predicted molar refractivity (Wildman–Crippen MR) is 103 cm³/mol. The first-order chi connectivity index (χ1) is 12.2. The van der Waals surface area contributed by atoms with Crippen molar-refractivity contribution in [3.8, 4) is 11.6 Å². The summed E-state index contributed by atoms with van der Waals surface area (Å²) in [6, 6.07) is 13.1. The van der Waals surface area contributed by atoms with E-state index in [0.717, 1.165) is 18.6 Å². The highest BCUT2D eigenvalue weighted by Gasteiger charge is 2.38. The number of pyridine rings is 1. The number of rotatable bonds is 4. The van der Waals surface area contributed by atoms with E-state index in [1.54, 1.807) is 18.3 Å². The number of nitrogens with zero attached hydrogens (tertiary/aromatic N) is 1. The third-order valence-corrected chi connectivity index (χ3v) is 4.49. The molecule has 2 aromatic rings. The average Bonchev–Trinajstić information content (AvgIpc) is 2.53. The Bertz CT molecular complexity index is 739. The zero-order chi connectivity index (χ0) is 18.8. The summed E-state index contributed by atoms with van der Waals surface area (Å²) in [6.07, 6.45) is 3.35. The summed E-state index contributed by atoms with van der Waals surface area (Å²) >= 11 is 0. The molecule has 5 nitrogen and oxygen atoms in total. The molecule has 26 heavy (non-hydrogen) atoms. The van der Waals surface area contributed by atoms with Gasteiger partial charge in [-0.15, -0.1) is 0 Å². The van der Waals surface area contributed by atoms with E-state index < -0.39 is 0 Å². The third kappa shape index (κ3) is 4.82. The summed E-state index contributed by atoms with van der Waals surface area (Å²) in [5, 5.41) is 6.78. The Morgan fingerprint density at radius 2 is 1.73 bits per heavy atom. The summed E-state index contributed by atoms with van der Waals surface area (Å²) in [5.74, 6) is 1.09. The van der Waals surface area contributed by atoms with Crippen molar-refractivity contribution in [2.75, 3.05) is 0 Å². The minimum atomic E-state index is -0.0951. The van der Waals surface area contributed by atoms with Crippen LogP contribution in [0.3, 0.4) is 0 Å². The van der Waals surface area contributed by atoms with Crippen LogP contribution in [0.1, 0.15) is 50.9 Å². The lowest BCUT2D eigenvalue weighted by molar-refractivity contribution is 0.0873. The molecule has 1 aromatic carbocycles. The molecule has 1 aromatic heterocycles. The largest absolute Gasteiger partial charge is 0.439 e. The molecule has 2 heterocycles. The van der Waals surface area contributed by atoms with Gasteiger partial charge in [0.2, 0.25) is 5.88 Å². The monoisotopic (exact) mass is 353 g/mol. The lowest BCUT2D eigenvalue weighted by Crippen LogP contribution is -2.62. The van der Waals surface area contributed by atoms with E-state index in [4.69, 9.17) is 4.74 Å². The first-order valence-electron chi connectivity index (χ1n) is 9.02. The van der Waals surface area contributed by atoms with Crippen LogP contribution in [-0.4, -0.2) is 28.0 Å². The number of ether oxygens (including phenoxy) is 1. The predicted octanol–water partition coefficient (Wildman–Crippen LogP) is 3.91. The van der Waals surface area contributed by atoms with E-state index in [9.17, 15) is 4.79 Å². The first kappa shape index (κ1) is 18.4. The van der Waals surface area contributed by atoms with E-state index in [1.807, 2.05) is 30.3 Å². The maximum absolute atomic E-state index is 12.6. The molecule has 3 rings (SSSR count). The number of carbonyl (C=O) groups excluding carboxylic acids is 1. The van der Waals surface area contributed by atoms with Crippen LogP contribution in [0.5, 0.6) is 11.6 Å². The topological polar surface area (TPSA) is 63.2 Å². The van der Waals surface area contributed by atoms with Crippen molar-refractivity contribution >= 4 is 5.91 Å². The van der Waals surface area contributed by atoms with Gasteiger partial charge in [-0.3, -0.25) is 4.79 Å². The highest BCUT2D eigenvalue weighted by atomic mass is 16.5. The minimum absolute atomic E-state index is 0.00860. The maximum atomic E-state index is 12.6. The summed E-state index contributed by atoms with van der Waals surface area (Å²) < 4.78 is 5.67. The lowest BCUT2D eigenvalue weighted by Gasteiger charge is -2.46. The fourth-order valence-electron chi connectivity index (χ4n) is 3.88. The van der Waals surface area contributed by atoms with E-state index in [-0.39, 0.29) is 23.0 Å². The average molecular weight is 353 g/mol. The molecule has 1 aliphatic rings. The first-order valence-corrected chi connectivity index (χ1v) is 9.02. The molecule has 5 heteroatoms. The van der Waals surface area contributed by atoms with Gasteiger partial charge >= 0.3 is 0 Å². The standard InChI is InChI=1S/C21H27N3O2/c1-20(2)12-16(13-21(3,4)24-20)23-19(25)15-10-11-18(22-14-15)26-17-8-6-5-7-9-17/h5-11,14,16,24H,12-13H2,1-4H3,(H,23,25). The molecule has 0 saturated carbocycles. The van der Waals surface area contributed by atoms with Crippen LogP contribution in [0.15, 0.2) is 48.7 Å². The van der Waals surface area contributed by atoms with E-state index in [2.05, 4.69) is 43.3 Å². The molecule has 0 spiro atoms. The van der Waals surface area contributed by atoms with Gasteiger partial charge in [0.15, 0.2) is 0 Å². The van der Waals surface area contributed by atoms with Crippen LogP contribution in [0, 0.1) is 0 Å². The van der Waals surface area contributed by atoms with Crippen molar-refractivity contribution in [2.24, 2.45) is 0 Å². The summed E-state index contributed by atoms with van der Waals surface area (Å²) in [5.41, 5.74) is 0.524. The quantitative estimate of drug-likeness (QED) is 0.875. The molecule has 1 saturated heterocycles. The van der Waals surface area contributed by atoms with E-state index >= 15 is 0 Å². The van der Waals surface area contributed by atoms with Gasteiger partial charge in [0.1, 0.15) is 5.75 Å². The SMILES string of the molecule is CC1(C)CC(NC(=O)c2ccc(Oc3ccccc3)nc2)CC(C)(C)N1. The van der Waals surface area contributed by atoms with Crippen LogP contribution in [0.4, 0.5) is 0 Å². The number of amides is 1. The Labute approximate surface area is 155 Å². The van der Waals surface area contributed by atoms with E-state index in [1.165, 1.54) is 0 Å². The van der Waals surface area contributed by atoms with Crippen molar-refractivity contribution in [1.29, 1.82) is 0 Å². The smallest absolute Gasteiger partial charge is 0.253 e. The highest BCUT2D eigenvalue weighted by molar-refractivity contribution is 5.94. The van der Waals surface area contributed by atoms with Crippen LogP contribution in [0.2, 0.25) is 0 Å². The second-order valence-corrected chi connectivity index (χ2v) is 8.27. The number of carbonyl (C=O) groups is 1. The molecular weight excluding hydrogens is 326 g/mol. The second kappa shape index (κ2) is 7.08. The molecule has 0 unspecified atom stereocenters. The maximum Gasteiger partial charge on any atom is 0.253 e. The fourth-order valence-corrected chi connectivity index (χ4v) is 3.88. The van der Waals surface area contributed by atoms with Crippen molar-refractivity contribution < 1.29 is 9.53 Å². The number of aromatic nitrogens is 1. The minimum Gasteiger partial charge on any atom is -0.439 e.